The summed E-state index contributed by atoms with van der Waals surface area (Å²) in [5.74, 6) is 0.585. The molecule has 1 atom stereocenters. The Kier molecular flexibility index (Phi) is 3.03. The average Bonchev–Trinajstić information content (AvgIpc) is 2.82. The van der Waals surface area contributed by atoms with Crippen LogP contribution in [-0.2, 0) is 4.79 Å². The minimum absolute atomic E-state index is 0.0443. The summed E-state index contributed by atoms with van der Waals surface area (Å²) in [6, 6.07) is 3.22. The van der Waals surface area contributed by atoms with E-state index >= 15 is 0 Å². The molecule has 2 N–H and O–H groups in total. The van der Waals surface area contributed by atoms with Crippen LogP contribution in [0.15, 0.2) is 16.5 Å². The van der Waals surface area contributed by atoms with Gasteiger partial charge in [0, 0.05) is 13.1 Å². The molecule has 0 aromatic carbocycles. The molecule has 1 aliphatic rings. The fraction of sp³-hybridized carbons (Fsp3) is 0.455. The van der Waals surface area contributed by atoms with Gasteiger partial charge in [0.1, 0.15) is 17.6 Å². The van der Waals surface area contributed by atoms with Crippen molar-refractivity contribution in [3.63, 3.8) is 0 Å². The van der Waals surface area contributed by atoms with Crippen LogP contribution >= 0.6 is 0 Å². The fourth-order valence-electron chi connectivity index (χ4n) is 1.81. The normalized spacial score (nSPS) is 19.5. The molecule has 0 aliphatic carbocycles. The molecule has 0 spiro atoms. The number of carbonyl (C=O) groups is 2. The molecule has 0 saturated carbocycles. The number of rotatable bonds is 4. The van der Waals surface area contributed by atoms with Gasteiger partial charge in [-0.05, 0) is 19.1 Å². The molecule has 2 heterocycles. The highest BCUT2D eigenvalue weighted by Gasteiger charge is 2.31. The first kappa shape index (κ1) is 11.5. The summed E-state index contributed by atoms with van der Waals surface area (Å²) in [6.07, 6.45) is -0.0443. The topological polar surface area (TPSA) is 82.8 Å². The number of nitrogens with zero attached hydrogens (tertiary/aromatic N) is 1. The van der Waals surface area contributed by atoms with Gasteiger partial charge in [0.15, 0.2) is 0 Å². The number of hydrogen-bond donors (Lipinski definition) is 2. The lowest BCUT2D eigenvalue weighted by atomic mass is 10.2. The maximum atomic E-state index is 11.6. The van der Waals surface area contributed by atoms with Crippen LogP contribution in [-0.4, -0.2) is 35.1 Å². The zero-order valence-electron chi connectivity index (χ0n) is 9.47. The van der Waals surface area contributed by atoms with Gasteiger partial charge in [-0.25, -0.2) is 4.79 Å². The van der Waals surface area contributed by atoms with E-state index < -0.39 is 5.97 Å². The number of carbonyl (C=O) groups excluding carboxylic acids is 1. The molecular weight excluding hydrogens is 224 g/mol. The van der Waals surface area contributed by atoms with Crippen molar-refractivity contribution in [2.45, 2.75) is 19.4 Å². The van der Waals surface area contributed by atoms with Crippen LogP contribution < -0.4 is 5.32 Å². The zero-order valence-corrected chi connectivity index (χ0v) is 9.47. The second-order valence-corrected chi connectivity index (χ2v) is 4.04. The van der Waals surface area contributed by atoms with Crippen LogP contribution in [0.5, 0.6) is 0 Å². The number of carboxylic acids is 1. The van der Waals surface area contributed by atoms with Crippen LogP contribution in [0.25, 0.3) is 0 Å². The Labute approximate surface area is 98.2 Å². The van der Waals surface area contributed by atoms with E-state index in [0.717, 1.165) is 5.76 Å². The van der Waals surface area contributed by atoms with Gasteiger partial charge in [0.05, 0.1) is 6.42 Å². The highest BCUT2D eigenvalue weighted by molar-refractivity contribution is 5.77. The Morgan fingerprint density at radius 3 is 3.00 bits per heavy atom. The molecule has 6 nitrogen and oxygen atoms in total. The van der Waals surface area contributed by atoms with Crippen molar-refractivity contribution in [3.05, 3.63) is 23.7 Å². The summed E-state index contributed by atoms with van der Waals surface area (Å²) in [6.45, 7) is 2.50. The minimum atomic E-state index is -0.907. The number of urea groups is 1. The Balaban J connectivity index is 1.97. The van der Waals surface area contributed by atoms with Crippen LogP contribution in [0.2, 0.25) is 0 Å². The zero-order chi connectivity index (χ0) is 12.4. The van der Waals surface area contributed by atoms with Crippen LogP contribution in [0.1, 0.15) is 24.0 Å². The number of amides is 2. The van der Waals surface area contributed by atoms with Crippen molar-refractivity contribution >= 4 is 12.0 Å². The van der Waals surface area contributed by atoms with Crippen molar-refractivity contribution in [2.24, 2.45) is 0 Å². The van der Waals surface area contributed by atoms with Crippen molar-refractivity contribution in [1.82, 2.24) is 10.2 Å². The summed E-state index contributed by atoms with van der Waals surface area (Å²) in [4.78, 5) is 23.5. The van der Waals surface area contributed by atoms with E-state index in [1.54, 1.807) is 0 Å². The van der Waals surface area contributed by atoms with Crippen molar-refractivity contribution in [2.75, 3.05) is 13.1 Å². The molecule has 1 aromatic heterocycles. The molecule has 1 unspecified atom stereocenters. The predicted octanol–water partition coefficient (Wildman–Crippen LogP) is 1.13. The summed E-state index contributed by atoms with van der Waals surface area (Å²) < 4.78 is 5.43. The molecule has 2 amide bonds. The van der Waals surface area contributed by atoms with Gasteiger partial charge in [0.25, 0.3) is 0 Å². The maximum absolute atomic E-state index is 11.6. The number of aliphatic carboxylic acids is 1. The van der Waals surface area contributed by atoms with Crippen molar-refractivity contribution < 1.29 is 19.1 Å². The second kappa shape index (κ2) is 4.48. The van der Waals surface area contributed by atoms with Gasteiger partial charge in [-0.3, -0.25) is 4.79 Å². The third-order valence-corrected chi connectivity index (χ3v) is 2.69. The molecule has 0 radical (unpaired) electrons. The van der Waals surface area contributed by atoms with Gasteiger partial charge in [-0.15, -0.1) is 0 Å². The maximum Gasteiger partial charge on any atom is 0.318 e. The molecule has 1 aromatic rings. The van der Waals surface area contributed by atoms with Gasteiger partial charge >= 0.3 is 12.0 Å². The van der Waals surface area contributed by atoms with Crippen molar-refractivity contribution in [3.8, 4) is 0 Å². The lowest BCUT2D eigenvalue weighted by Crippen LogP contribution is -2.30. The lowest BCUT2D eigenvalue weighted by molar-refractivity contribution is -0.137. The van der Waals surface area contributed by atoms with Gasteiger partial charge in [-0.2, -0.15) is 0 Å². The number of nitrogens with one attached hydrogen (secondary N) is 1. The van der Waals surface area contributed by atoms with Gasteiger partial charge in [-0.1, -0.05) is 0 Å². The standard InChI is InChI=1S/C11H14N2O4/c1-7-2-3-9(17-7)8-6-13(11(16)12-8)5-4-10(14)15/h2-3,8H,4-6H2,1H3,(H,12,16)(H,14,15). The Hall–Kier alpha value is -1.98. The number of hydrogen-bond acceptors (Lipinski definition) is 3. The molecule has 0 bridgehead atoms. The van der Waals surface area contributed by atoms with E-state index in [2.05, 4.69) is 5.32 Å². The third kappa shape index (κ3) is 2.58. The SMILES string of the molecule is Cc1ccc(C2CN(CCC(=O)O)C(=O)N2)o1. The van der Waals surface area contributed by atoms with E-state index in [1.807, 2.05) is 19.1 Å². The predicted molar refractivity (Wildman–Crippen MR) is 58.5 cm³/mol. The largest absolute Gasteiger partial charge is 0.481 e. The monoisotopic (exact) mass is 238 g/mol. The van der Waals surface area contributed by atoms with Crippen LogP contribution in [0, 0.1) is 6.92 Å². The van der Waals surface area contributed by atoms with E-state index in [1.165, 1.54) is 4.90 Å². The minimum Gasteiger partial charge on any atom is -0.481 e. The molecular formula is C11H14N2O4. The third-order valence-electron chi connectivity index (χ3n) is 2.69. The summed E-state index contributed by atoms with van der Waals surface area (Å²) in [5.41, 5.74) is 0. The first-order valence-electron chi connectivity index (χ1n) is 5.40. The Morgan fingerprint density at radius 1 is 1.65 bits per heavy atom. The highest BCUT2D eigenvalue weighted by atomic mass is 16.4. The molecule has 1 aliphatic heterocycles. The average molecular weight is 238 g/mol. The molecule has 1 saturated heterocycles. The van der Waals surface area contributed by atoms with E-state index in [9.17, 15) is 9.59 Å². The van der Waals surface area contributed by atoms with Crippen molar-refractivity contribution in [1.29, 1.82) is 0 Å². The van der Waals surface area contributed by atoms with E-state index in [0.29, 0.717) is 12.3 Å². The Morgan fingerprint density at radius 2 is 2.41 bits per heavy atom. The highest BCUT2D eigenvalue weighted by Crippen LogP contribution is 2.22. The summed E-state index contributed by atoms with van der Waals surface area (Å²) >= 11 is 0. The van der Waals surface area contributed by atoms with Gasteiger partial charge in [0.2, 0.25) is 0 Å². The molecule has 2 rings (SSSR count). The Bertz CT molecular complexity index is 440. The second-order valence-electron chi connectivity index (χ2n) is 4.04. The van der Waals surface area contributed by atoms with Gasteiger partial charge < -0.3 is 19.7 Å². The summed E-state index contributed by atoms with van der Waals surface area (Å²) in [5, 5.41) is 11.3. The molecule has 6 heteroatoms. The van der Waals surface area contributed by atoms with Crippen LogP contribution in [0.4, 0.5) is 4.79 Å². The quantitative estimate of drug-likeness (QED) is 0.823. The first-order chi connectivity index (χ1) is 8.06. The number of aryl methyl sites for hydroxylation is 1. The molecule has 92 valence electrons. The van der Waals surface area contributed by atoms with E-state index in [-0.39, 0.29) is 25.0 Å². The summed E-state index contributed by atoms with van der Waals surface area (Å²) in [7, 11) is 0. The van der Waals surface area contributed by atoms with E-state index in [4.69, 9.17) is 9.52 Å². The lowest BCUT2D eigenvalue weighted by Gasteiger charge is -2.12. The fourth-order valence-corrected chi connectivity index (χ4v) is 1.81. The number of furan rings is 1. The molecule has 17 heavy (non-hydrogen) atoms. The number of carboxylic acid groups (broad SMARTS) is 1. The first-order valence-corrected chi connectivity index (χ1v) is 5.40. The van der Waals surface area contributed by atoms with Crippen LogP contribution in [0.3, 0.4) is 0 Å². The molecule has 1 fully saturated rings. The smallest absolute Gasteiger partial charge is 0.318 e.